The topological polar surface area (TPSA) is 40.5 Å². The van der Waals surface area contributed by atoms with E-state index in [0.717, 1.165) is 24.0 Å². The van der Waals surface area contributed by atoms with Gasteiger partial charge in [0.1, 0.15) is 0 Å². The van der Waals surface area contributed by atoms with Gasteiger partial charge in [0.25, 0.3) is 0 Å². The van der Waals surface area contributed by atoms with Crippen LogP contribution in [0.4, 0.5) is 0 Å². The van der Waals surface area contributed by atoms with E-state index in [1.165, 1.54) is 11.1 Å². The van der Waals surface area contributed by atoms with Gasteiger partial charge in [-0.1, -0.05) is 28.1 Å². The van der Waals surface area contributed by atoms with Gasteiger partial charge in [0.2, 0.25) is 0 Å². The van der Waals surface area contributed by atoms with Crippen molar-refractivity contribution in [1.82, 2.24) is 4.90 Å². The summed E-state index contributed by atoms with van der Waals surface area (Å²) in [7, 11) is 0. The summed E-state index contributed by atoms with van der Waals surface area (Å²) in [4.78, 5) is 13.3. The Morgan fingerprint density at radius 2 is 2.28 bits per heavy atom. The van der Waals surface area contributed by atoms with E-state index in [4.69, 9.17) is 5.11 Å². The molecule has 18 heavy (non-hydrogen) atoms. The first-order valence-electron chi connectivity index (χ1n) is 6.21. The molecule has 4 heteroatoms. The molecule has 0 aliphatic carbocycles. The number of hydrogen-bond acceptors (Lipinski definition) is 2. The zero-order valence-corrected chi connectivity index (χ0v) is 12.3. The van der Waals surface area contributed by atoms with Crippen molar-refractivity contribution in [2.45, 2.75) is 32.9 Å². The average molecular weight is 312 g/mol. The number of carboxylic acids is 1. The lowest BCUT2D eigenvalue weighted by Gasteiger charge is -2.23. The summed E-state index contributed by atoms with van der Waals surface area (Å²) in [5, 5.41) is 9.12. The first-order valence-corrected chi connectivity index (χ1v) is 7.00. The van der Waals surface area contributed by atoms with Crippen LogP contribution < -0.4 is 0 Å². The maximum atomic E-state index is 11.1. The number of nitrogens with zero attached hydrogens (tertiary/aromatic N) is 1. The van der Waals surface area contributed by atoms with Gasteiger partial charge in [-0.2, -0.15) is 0 Å². The van der Waals surface area contributed by atoms with Gasteiger partial charge >= 0.3 is 5.97 Å². The van der Waals surface area contributed by atoms with Gasteiger partial charge in [-0.25, -0.2) is 0 Å². The average Bonchev–Trinajstić information content (AvgIpc) is 2.66. The molecular formula is C14H18BrNO2. The highest BCUT2D eigenvalue weighted by Gasteiger charge is 2.35. The molecule has 2 rings (SSSR count). The fourth-order valence-electron chi connectivity index (χ4n) is 2.60. The van der Waals surface area contributed by atoms with Crippen molar-refractivity contribution < 1.29 is 9.90 Å². The molecule has 0 amide bonds. The summed E-state index contributed by atoms with van der Waals surface area (Å²) in [5.74, 6) is -0.890. The lowest BCUT2D eigenvalue weighted by Crippen LogP contribution is -2.32. The minimum absolute atomic E-state index is 0.117. The predicted octanol–water partition coefficient (Wildman–Crippen LogP) is 3.05. The van der Waals surface area contributed by atoms with Crippen LogP contribution in [-0.4, -0.2) is 28.6 Å². The summed E-state index contributed by atoms with van der Waals surface area (Å²) in [5.41, 5.74) is 2.46. The normalized spacial score (nSPS) is 24.4. The third-order valence-electron chi connectivity index (χ3n) is 3.81. The molecule has 1 fully saturated rings. The van der Waals surface area contributed by atoms with Crippen molar-refractivity contribution in [1.29, 1.82) is 0 Å². The van der Waals surface area contributed by atoms with Crippen LogP contribution in [0.25, 0.3) is 0 Å². The highest BCUT2D eigenvalue weighted by Crippen LogP contribution is 2.27. The predicted molar refractivity (Wildman–Crippen MR) is 74.5 cm³/mol. The van der Waals surface area contributed by atoms with Crippen molar-refractivity contribution in [3.63, 3.8) is 0 Å². The van der Waals surface area contributed by atoms with Crippen LogP contribution >= 0.6 is 15.9 Å². The Balaban J connectivity index is 2.06. The van der Waals surface area contributed by atoms with Gasteiger partial charge in [-0.15, -0.1) is 0 Å². The van der Waals surface area contributed by atoms with Gasteiger partial charge in [0.05, 0.1) is 5.92 Å². The van der Waals surface area contributed by atoms with Crippen molar-refractivity contribution in [2.24, 2.45) is 5.92 Å². The third-order valence-corrected chi connectivity index (χ3v) is 4.70. The molecule has 0 bridgehead atoms. The van der Waals surface area contributed by atoms with Gasteiger partial charge in [-0.05, 0) is 44.0 Å². The molecule has 0 aromatic heterocycles. The van der Waals surface area contributed by atoms with E-state index in [1.807, 2.05) is 6.92 Å². The number of carboxylic acid groups (broad SMARTS) is 1. The number of hydrogen-bond donors (Lipinski definition) is 1. The van der Waals surface area contributed by atoms with Crippen LogP contribution in [0.5, 0.6) is 0 Å². The first kappa shape index (κ1) is 13.6. The zero-order valence-electron chi connectivity index (χ0n) is 10.7. The number of benzene rings is 1. The fraction of sp³-hybridized carbons (Fsp3) is 0.500. The molecule has 1 aromatic rings. The van der Waals surface area contributed by atoms with E-state index < -0.39 is 5.97 Å². The van der Waals surface area contributed by atoms with E-state index in [0.29, 0.717) is 0 Å². The minimum atomic E-state index is -0.669. The second-order valence-electron chi connectivity index (χ2n) is 5.03. The maximum absolute atomic E-state index is 11.1. The van der Waals surface area contributed by atoms with Gasteiger partial charge < -0.3 is 5.11 Å². The summed E-state index contributed by atoms with van der Waals surface area (Å²) >= 11 is 3.49. The summed E-state index contributed by atoms with van der Waals surface area (Å²) in [6.07, 6.45) is 0.756. The Hall–Kier alpha value is -0.870. The Morgan fingerprint density at radius 3 is 2.83 bits per heavy atom. The SMILES string of the molecule is Cc1cc(CN2CCC(C(=O)O)C2C)ccc1Br. The monoisotopic (exact) mass is 311 g/mol. The van der Waals surface area contributed by atoms with Crippen LogP contribution in [0, 0.1) is 12.8 Å². The molecule has 2 atom stereocenters. The Kier molecular flexibility index (Phi) is 4.07. The largest absolute Gasteiger partial charge is 0.481 e. The minimum Gasteiger partial charge on any atom is -0.481 e. The van der Waals surface area contributed by atoms with Crippen molar-refractivity contribution in [3.8, 4) is 0 Å². The molecule has 98 valence electrons. The number of halogens is 1. The molecule has 1 aliphatic heterocycles. The smallest absolute Gasteiger partial charge is 0.308 e. The molecule has 0 saturated carbocycles. The van der Waals surface area contributed by atoms with E-state index in [9.17, 15) is 4.79 Å². The van der Waals surface area contributed by atoms with Crippen molar-refractivity contribution >= 4 is 21.9 Å². The molecule has 2 unspecified atom stereocenters. The Labute approximate surface area is 116 Å². The standard InChI is InChI=1S/C14H18BrNO2/c1-9-7-11(3-4-13(9)15)8-16-6-5-12(10(16)2)14(17)18/h3-4,7,10,12H,5-6,8H2,1-2H3,(H,17,18). The molecule has 1 saturated heterocycles. The van der Waals surface area contributed by atoms with Crippen LogP contribution in [-0.2, 0) is 11.3 Å². The fourth-order valence-corrected chi connectivity index (χ4v) is 2.84. The molecule has 0 radical (unpaired) electrons. The summed E-state index contributed by atoms with van der Waals surface area (Å²) in [6.45, 7) is 5.78. The van der Waals surface area contributed by atoms with E-state index >= 15 is 0 Å². The quantitative estimate of drug-likeness (QED) is 0.932. The molecule has 1 heterocycles. The number of likely N-dealkylation sites (tertiary alicyclic amines) is 1. The molecule has 0 spiro atoms. The zero-order chi connectivity index (χ0) is 13.3. The van der Waals surface area contributed by atoms with Crippen LogP contribution in [0.2, 0.25) is 0 Å². The second-order valence-corrected chi connectivity index (χ2v) is 5.88. The third kappa shape index (κ3) is 2.75. The first-order chi connectivity index (χ1) is 8.49. The van der Waals surface area contributed by atoms with Crippen LogP contribution in [0.1, 0.15) is 24.5 Å². The van der Waals surface area contributed by atoms with Crippen LogP contribution in [0.3, 0.4) is 0 Å². The second kappa shape index (κ2) is 5.41. The number of carbonyl (C=O) groups is 1. The van der Waals surface area contributed by atoms with Gasteiger partial charge in [-0.3, -0.25) is 9.69 Å². The molecule has 1 aliphatic rings. The molecular weight excluding hydrogens is 294 g/mol. The van der Waals surface area contributed by atoms with Crippen LogP contribution in [0.15, 0.2) is 22.7 Å². The lowest BCUT2D eigenvalue weighted by molar-refractivity contribution is -0.142. The lowest BCUT2D eigenvalue weighted by atomic mass is 10.0. The number of aryl methyl sites for hydroxylation is 1. The highest BCUT2D eigenvalue weighted by molar-refractivity contribution is 9.10. The number of rotatable bonds is 3. The van der Waals surface area contributed by atoms with E-state index in [-0.39, 0.29) is 12.0 Å². The highest BCUT2D eigenvalue weighted by atomic mass is 79.9. The Bertz CT molecular complexity index is 461. The summed E-state index contributed by atoms with van der Waals surface area (Å²) < 4.78 is 1.11. The molecule has 1 N–H and O–H groups in total. The van der Waals surface area contributed by atoms with Gasteiger partial charge in [0, 0.05) is 17.1 Å². The van der Waals surface area contributed by atoms with Gasteiger partial charge in [0.15, 0.2) is 0 Å². The van der Waals surface area contributed by atoms with E-state index in [2.05, 4.69) is 46.0 Å². The summed E-state index contributed by atoms with van der Waals surface area (Å²) in [6, 6.07) is 6.43. The number of aliphatic carboxylic acids is 1. The van der Waals surface area contributed by atoms with Crippen molar-refractivity contribution in [2.75, 3.05) is 6.54 Å². The van der Waals surface area contributed by atoms with E-state index in [1.54, 1.807) is 0 Å². The molecule has 1 aromatic carbocycles. The Morgan fingerprint density at radius 1 is 1.56 bits per heavy atom. The van der Waals surface area contributed by atoms with Crippen molar-refractivity contribution in [3.05, 3.63) is 33.8 Å². The molecule has 3 nitrogen and oxygen atoms in total. The maximum Gasteiger partial charge on any atom is 0.308 e.